The summed E-state index contributed by atoms with van der Waals surface area (Å²) in [7, 11) is 0. The second-order valence-electron chi connectivity index (χ2n) is 6.82. The number of hydrogen-bond acceptors (Lipinski definition) is 13. The molecule has 1 aliphatic heterocycles. The molecule has 20 heteroatoms. The van der Waals surface area contributed by atoms with Gasteiger partial charge in [-0.3, -0.25) is 9.78 Å². The number of H-pyrrole nitrogens is 7. The summed E-state index contributed by atoms with van der Waals surface area (Å²) in [5.41, 5.74) is 22.1. The van der Waals surface area contributed by atoms with E-state index in [1.54, 1.807) is 18.6 Å². The summed E-state index contributed by atoms with van der Waals surface area (Å²) >= 11 is 28.6. The summed E-state index contributed by atoms with van der Waals surface area (Å²) in [5, 5.41) is 0. The second-order valence-corrected chi connectivity index (χ2v) is 9.28. The van der Waals surface area contributed by atoms with Crippen LogP contribution in [-0.4, -0.2) is 46.1 Å². The third-order valence-corrected chi connectivity index (χ3v) is 5.69. The maximum atomic E-state index is 10.7. The number of nitrogens with zero attached hydrogens (tertiary/aromatic N) is 2. The van der Waals surface area contributed by atoms with E-state index in [4.69, 9.17) is 84.0 Å². The third kappa shape index (κ3) is 9.32. The van der Waals surface area contributed by atoms with Gasteiger partial charge in [0.05, 0.1) is 6.33 Å². The number of nitrogens with two attached hydrogens (primary N) is 4. The Hall–Kier alpha value is -3.69. The van der Waals surface area contributed by atoms with E-state index in [1.165, 1.54) is 0 Å². The number of nitrogens with one attached hydrogen (secondary N) is 7. The Morgan fingerprint density at radius 2 is 1.39 bits per heavy atom. The van der Waals surface area contributed by atoms with Crippen LogP contribution in [0.5, 0.6) is 0 Å². The lowest BCUT2D eigenvalue weighted by Crippen LogP contribution is -2.15. The van der Waals surface area contributed by atoms with E-state index in [0.29, 0.717) is 35.0 Å². The van der Waals surface area contributed by atoms with Gasteiger partial charge in [0.25, 0.3) is 5.56 Å². The molecule has 0 aromatic carbocycles. The van der Waals surface area contributed by atoms with Gasteiger partial charge in [-0.25, -0.2) is 9.98 Å². The molecular weight excluding hydrogens is 607 g/mol. The van der Waals surface area contributed by atoms with E-state index in [0.717, 1.165) is 17.8 Å². The average Bonchev–Trinajstić information content (AvgIpc) is 3.32. The second kappa shape index (κ2) is 14.3. The Labute approximate surface area is 244 Å². The molecule has 5 rings (SSSR count). The normalized spacial score (nSPS) is 10.5. The molecule has 0 fully saturated rings. The minimum Gasteiger partial charge on any atom is -0.393 e. The van der Waals surface area contributed by atoms with Gasteiger partial charge in [-0.1, -0.05) is 36.7 Å². The first-order valence-electron chi connectivity index (χ1n) is 10.0. The van der Waals surface area contributed by atoms with Gasteiger partial charge >= 0.3 is 0 Å². The first-order valence-corrected chi connectivity index (χ1v) is 12.5. The molecule has 0 aliphatic carbocycles. The molecule has 38 heavy (non-hydrogen) atoms. The summed E-state index contributed by atoms with van der Waals surface area (Å²) in [6.45, 7) is 0. The number of hydrogen-bond donors (Lipinski definition) is 11. The number of aliphatic imine (C=N–C) groups is 1. The Bertz CT molecular complexity index is 1760. The van der Waals surface area contributed by atoms with Crippen molar-refractivity contribution in [2.24, 2.45) is 4.99 Å². The predicted molar refractivity (Wildman–Crippen MR) is 165 cm³/mol. The van der Waals surface area contributed by atoms with Crippen molar-refractivity contribution in [2.45, 2.75) is 6.42 Å². The lowest BCUT2D eigenvalue weighted by atomic mass is 10.3. The maximum Gasteiger partial charge on any atom is 0.277 e. The fraction of sp³-hybridized carbons (Fsp3) is 0.0556. The van der Waals surface area contributed by atoms with E-state index in [-0.39, 0.29) is 16.3 Å². The highest BCUT2D eigenvalue weighted by Crippen LogP contribution is 2.19. The topological polar surface area (TPSA) is 257 Å². The number of aromatic amines is 7. The molecule has 5 heterocycles. The molecule has 4 aromatic rings. The Morgan fingerprint density at radius 3 is 1.92 bits per heavy atom. The van der Waals surface area contributed by atoms with Crippen LogP contribution in [0.4, 0.5) is 28.8 Å². The summed E-state index contributed by atoms with van der Waals surface area (Å²) in [5.74, 6) is 1.28. The van der Waals surface area contributed by atoms with Gasteiger partial charge in [0.15, 0.2) is 14.3 Å². The first-order chi connectivity index (χ1) is 17.9. The SMILES string of the molecule is Nc1[nH]c(=S)[nH]c(=O)c1N.Nc1[nH]c(=S)[nH]c(=S)c1N.S=c1cc[nH]c(=S)[nH]1.S=c1nc[nH]c2c1CC=N2. The quantitative estimate of drug-likeness (QED) is 0.125. The monoisotopic (exact) mass is 627 g/mol. The largest absolute Gasteiger partial charge is 0.393 e. The van der Waals surface area contributed by atoms with Crippen LogP contribution < -0.4 is 28.5 Å². The summed E-state index contributed by atoms with van der Waals surface area (Å²) in [6, 6.07) is 1.74. The van der Waals surface area contributed by atoms with Gasteiger partial charge < -0.3 is 52.8 Å². The van der Waals surface area contributed by atoms with Crippen LogP contribution in [0.2, 0.25) is 0 Å². The van der Waals surface area contributed by atoms with Crippen LogP contribution in [0.25, 0.3) is 0 Å². The number of anilines is 4. The molecule has 14 nitrogen and oxygen atoms in total. The predicted octanol–water partition coefficient (Wildman–Crippen LogP) is 3.76. The highest BCUT2D eigenvalue weighted by molar-refractivity contribution is 7.72. The zero-order valence-corrected chi connectivity index (χ0v) is 24.0. The van der Waals surface area contributed by atoms with E-state index in [2.05, 4.69) is 57.1 Å². The fourth-order valence-electron chi connectivity index (χ4n) is 2.36. The van der Waals surface area contributed by atoms with Crippen molar-refractivity contribution in [3.05, 3.63) is 62.7 Å². The molecule has 0 amide bonds. The average molecular weight is 628 g/mol. The number of fused-ring (bicyclic) bond motifs is 1. The number of rotatable bonds is 0. The van der Waals surface area contributed by atoms with Crippen LogP contribution in [0.15, 0.2) is 28.4 Å². The molecule has 0 spiro atoms. The Kier molecular flexibility index (Phi) is 11.5. The van der Waals surface area contributed by atoms with Crippen molar-refractivity contribution in [1.29, 1.82) is 0 Å². The summed E-state index contributed by atoms with van der Waals surface area (Å²) < 4.78 is 2.83. The van der Waals surface area contributed by atoms with Gasteiger partial charge in [-0.05, 0) is 42.7 Å². The molecule has 15 N–H and O–H groups in total. The van der Waals surface area contributed by atoms with Gasteiger partial charge in [0.1, 0.15) is 42.8 Å². The molecule has 0 saturated heterocycles. The molecular formula is C18H21N13OS6. The number of aromatic nitrogens is 8. The highest BCUT2D eigenvalue weighted by atomic mass is 32.1. The van der Waals surface area contributed by atoms with Crippen molar-refractivity contribution < 1.29 is 0 Å². The minimum atomic E-state index is -0.457. The highest BCUT2D eigenvalue weighted by Gasteiger charge is 2.07. The van der Waals surface area contributed by atoms with Crippen LogP contribution >= 0.6 is 73.3 Å². The summed E-state index contributed by atoms with van der Waals surface area (Å²) in [4.78, 5) is 37.2. The molecule has 1 aliphatic rings. The molecule has 4 aromatic heterocycles. The lowest BCUT2D eigenvalue weighted by molar-refractivity contribution is 1.10. The molecule has 0 bridgehead atoms. The van der Waals surface area contributed by atoms with Crippen LogP contribution in [-0.2, 0) is 6.42 Å². The fourth-order valence-corrected chi connectivity index (χ4v) is 3.69. The zero-order chi connectivity index (χ0) is 28.4. The zero-order valence-electron chi connectivity index (χ0n) is 19.1. The standard InChI is InChI=1S/C6H5N3S.C4H6N4OS.C4H6N4S2.C4H4N2S2/c10-6-4-1-2-7-5(4)8-3-9-6;2*5-1-2(6)7-4(10)8-3(1)9;7-3-1-2-5-4(8)6-3/h2-3H,1H2,(H,8,9,10);2*5H2,(H4,6,7,8,9,10);1-2H,(H2,5,6,7,8). The molecule has 200 valence electrons. The Morgan fingerprint density at radius 1 is 0.763 bits per heavy atom. The molecule has 0 atom stereocenters. The molecule has 0 saturated carbocycles. The number of nitrogen functional groups attached to an aromatic ring is 4. The lowest BCUT2D eigenvalue weighted by Gasteiger charge is -1.97. The Balaban J connectivity index is 0.000000179. The van der Waals surface area contributed by atoms with Crippen molar-refractivity contribution in [3.63, 3.8) is 0 Å². The minimum absolute atomic E-state index is 0.0337. The van der Waals surface area contributed by atoms with Gasteiger partial charge in [-0.15, -0.1) is 0 Å². The smallest absolute Gasteiger partial charge is 0.277 e. The van der Waals surface area contributed by atoms with Crippen LogP contribution in [0.3, 0.4) is 0 Å². The van der Waals surface area contributed by atoms with Crippen molar-refractivity contribution in [1.82, 2.24) is 39.9 Å². The van der Waals surface area contributed by atoms with Gasteiger partial charge in [0, 0.05) is 24.4 Å². The molecule has 0 unspecified atom stereocenters. The van der Waals surface area contributed by atoms with E-state index < -0.39 is 5.56 Å². The van der Waals surface area contributed by atoms with Crippen molar-refractivity contribution in [2.75, 3.05) is 22.9 Å². The summed E-state index contributed by atoms with van der Waals surface area (Å²) in [6.07, 6.45) is 5.93. The maximum absolute atomic E-state index is 10.7. The molecule has 0 radical (unpaired) electrons. The van der Waals surface area contributed by atoms with E-state index in [9.17, 15) is 4.79 Å². The van der Waals surface area contributed by atoms with Crippen molar-refractivity contribution in [3.8, 4) is 0 Å². The van der Waals surface area contributed by atoms with E-state index in [1.807, 2.05) is 6.21 Å². The van der Waals surface area contributed by atoms with Crippen LogP contribution in [0.1, 0.15) is 5.56 Å². The van der Waals surface area contributed by atoms with Gasteiger partial charge in [0.2, 0.25) is 0 Å². The first kappa shape index (κ1) is 30.5. The van der Waals surface area contributed by atoms with Gasteiger partial charge in [-0.2, -0.15) is 0 Å². The van der Waals surface area contributed by atoms with Crippen molar-refractivity contribution >= 4 is 108 Å². The third-order valence-electron chi connectivity index (χ3n) is 4.15. The van der Waals surface area contributed by atoms with E-state index >= 15 is 0 Å². The van der Waals surface area contributed by atoms with Crippen LogP contribution in [0, 0.1) is 28.2 Å².